The summed E-state index contributed by atoms with van der Waals surface area (Å²) in [5.41, 5.74) is 1.28. The summed E-state index contributed by atoms with van der Waals surface area (Å²) < 4.78 is 0.829. The number of anilines is 1. The summed E-state index contributed by atoms with van der Waals surface area (Å²) in [4.78, 5) is 42.1. The lowest BCUT2D eigenvalue weighted by Crippen LogP contribution is -2.53. The fourth-order valence-corrected chi connectivity index (χ4v) is 6.01. The lowest BCUT2D eigenvalue weighted by Gasteiger charge is -2.30. The lowest BCUT2D eigenvalue weighted by atomic mass is 9.76. The zero-order valence-corrected chi connectivity index (χ0v) is 19.7. The van der Waals surface area contributed by atoms with Gasteiger partial charge in [0.1, 0.15) is 5.54 Å². The summed E-state index contributed by atoms with van der Waals surface area (Å²) in [6, 6.07) is 15.2. The first kappa shape index (κ1) is 21.3. The molecule has 2 fully saturated rings. The average Bonchev–Trinajstić information content (AvgIpc) is 3.32. The molecule has 2 saturated heterocycles. The molecule has 7 heteroatoms. The predicted molar refractivity (Wildman–Crippen MR) is 125 cm³/mol. The molecule has 32 heavy (non-hydrogen) atoms. The molecule has 4 atom stereocenters. The molecule has 2 aromatic carbocycles. The van der Waals surface area contributed by atoms with Crippen LogP contribution >= 0.6 is 15.9 Å². The molecular formula is C25H26BrN3O3. The van der Waals surface area contributed by atoms with Gasteiger partial charge in [0, 0.05) is 28.3 Å². The summed E-state index contributed by atoms with van der Waals surface area (Å²) in [5, 5.41) is 6.43. The lowest BCUT2D eigenvalue weighted by molar-refractivity contribution is -0.142. The van der Waals surface area contributed by atoms with Crippen LogP contribution < -0.4 is 10.6 Å². The van der Waals surface area contributed by atoms with E-state index in [2.05, 4.69) is 40.4 Å². The highest BCUT2D eigenvalue weighted by atomic mass is 79.9. The van der Waals surface area contributed by atoms with Gasteiger partial charge in [0.05, 0.1) is 11.8 Å². The molecule has 3 aliphatic rings. The van der Waals surface area contributed by atoms with Gasteiger partial charge in [-0.15, -0.1) is 0 Å². The third-order valence-electron chi connectivity index (χ3n) is 6.96. The van der Waals surface area contributed by atoms with Gasteiger partial charge in [-0.3, -0.25) is 24.6 Å². The van der Waals surface area contributed by atoms with E-state index in [1.165, 1.54) is 4.90 Å². The normalized spacial score (nSPS) is 28.6. The Morgan fingerprint density at radius 3 is 2.53 bits per heavy atom. The van der Waals surface area contributed by atoms with Crippen molar-refractivity contribution < 1.29 is 14.4 Å². The molecule has 0 bridgehead atoms. The van der Waals surface area contributed by atoms with Crippen LogP contribution in [0, 0.1) is 17.8 Å². The van der Waals surface area contributed by atoms with Crippen molar-refractivity contribution in [1.29, 1.82) is 0 Å². The first-order valence-corrected chi connectivity index (χ1v) is 11.9. The number of carbonyl (C=O) groups is 3. The Labute approximate surface area is 195 Å². The van der Waals surface area contributed by atoms with Crippen molar-refractivity contribution in [1.82, 2.24) is 10.2 Å². The van der Waals surface area contributed by atoms with Crippen LogP contribution in [-0.4, -0.2) is 35.2 Å². The van der Waals surface area contributed by atoms with Crippen LogP contribution in [-0.2, 0) is 26.3 Å². The number of rotatable bonds is 5. The molecule has 3 aliphatic heterocycles. The number of hydrogen-bond acceptors (Lipinski definition) is 4. The number of nitrogens with zero attached hydrogens (tertiary/aromatic N) is 1. The number of likely N-dealkylation sites (tertiary alicyclic amines) is 1. The highest BCUT2D eigenvalue weighted by Crippen LogP contribution is 2.54. The van der Waals surface area contributed by atoms with Crippen LogP contribution in [0.5, 0.6) is 0 Å². The van der Waals surface area contributed by atoms with Gasteiger partial charge in [-0.25, -0.2) is 0 Å². The van der Waals surface area contributed by atoms with E-state index in [1.54, 1.807) is 0 Å². The van der Waals surface area contributed by atoms with Crippen molar-refractivity contribution in [2.24, 2.45) is 17.8 Å². The van der Waals surface area contributed by atoms with Crippen LogP contribution in [0.15, 0.2) is 53.0 Å². The second-order valence-electron chi connectivity index (χ2n) is 9.40. The maximum Gasteiger partial charge on any atom is 0.250 e. The molecule has 0 aliphatic carbocycles. The van der Waals surface area contributed by atoms with Gasteiger partial charge < -0.3 is 5.32 Å². The van der Waals surface area contributed by atoms with Crippen molar-refractivity contribution in [3.05, 3.63) is 64.1 Å². The molecular weight excluding hydrogens is 470 g/mol. The van der Waals surface area contributed by atoms with Crippen LogP contribution in [0.2, 0.25) is 0 Å². The van der Waals surface area contributed by atoms with E-state index < -0.39 is 17.4 Å². The second kappa shape index (κ2) is 7.81. The minimum atomic E-state index is -1.22. The largest absolute Gasteiger partial charge is 0.324 e. The maximum atomic E-state index is 13.7. The quantitative estimate of drug-likeness (QED) is 0.622. The third-order valence-corrected chi connectivity index (χ3v) is 7.45. The molecule has 3 heterocycles. The van der Waals surface area contributed by atoms with Crippen LogP contribution in [0.3, 0.4) is 0 Å². The molecule has 2 aromatic rings. The van der Waals surface area contributed by atoms with Crippen LogP contribution in [0.25, 0.3) is 0 Å². The zero-order valence-electron chi connectivity index (χ0n) is 18.1. The van der Waals surface area contributed by atoms with E-state index >= 15 is 0 Å². The van der Waals surface area contributed by atoms with E-state index in [4.69, 9.17) is 0 Å². The van der Waals surface area contributed by atoms with E-state index in [0.717, 1.165) is 15.6 Å². The minimum absolute atomic E-state index is 0.165. The molecule has 2 N–H and O–H groups in total. The Hall–Kier alpha value is -2.51. The number of benzene rings is 2. The van der Waals surface area contributed by atoms with E-state index in [1.807, 2.05) is 48.5 Å². The van der Waals surface area contributed by atoms with Gasteiger partial charge in [0.2, 0.25) is 17.7 Å². The smallest absolute Gasteiger partial charge is 0.250 e. The number of carbonyl (C=O) groups excluding carboxylic acids is 3. The van der Waals surface area contributed by atoms with Crippen molar-refractivity contribution in [3.8, 4) is 0 Å². The van der Waals surface area contributed by atoms with Crippen molar-refractivity contribution in [2.45, 2.75) is 38.3 Å². The Morgan fingerprint density at radius 2 is 1.81 bits per heavy atom. The van der Waals surface area contributed by atoms with E-state index in [-0.39, 0.29) is 23.8 Å². The number of imide groups is 1. The van der Waals surface area contributed by atoms with Crippen molar-refractivity contribution in [3.63, 3.8) is 0 Å². The SMILES string of the molecule is CC(C)C[C@H]1N[C@]2(C(=O)Nc3ccc(Br)cc32)[C@@H]2C(=O)N(CCc3ccccc3)C(=O)[C@@H]21. The van der Waals surface area contributed by atoms with E-state index in [9.17, 15) is 14.4 Å². The molecule has 0 unspecified atom stereocenters. The Kier molecular flexibility index (Phi) is 5.21. The Bertz CT molecular complexity index is 1100. The highest BCUT2D eigenvalue weighted by Gasteiger charge is 2.70. The van der Waals surface area contributed by atoms with Gasteiger partial charge in [0.15, 0.2) is 0 Å². The van der Waals surface area contributed by atoms with Crippen molar-refractivity contribution in [2.75, 3.05) is 11.9 Å². The third kappa shape index (κ3) is 3.13. The van der Waals surface area contributed by atoms with Gasteiger partial charge in [-0.2, -0.15) is 0 Å². The molecule has 5 rings (SSSR count). The first-order valence-electron chi connectivity index (χ1n) is 11.1. The van der Waals surface area contributed by atoms with Gasteiger partial charge in [0.25, 0.3) is 0 Å². The standard InChI is InChI=1S/C25H26BrN3O3/c1-14(2)12-19-20-21(23(31)29(22(20)30)11-10-15-6-4-3-5-7-15)25(28-19)17-13-16(26)8-9-18(17)27-24(25)32/h3-9,13-14,19-21,28H,10-12H2,1-2H3,(H,27,32)/t19-,20-,21+,25+/m1/s1. The summed E-state index contributed by atoms with van der Waals surface area (Å²) in [5.74, 6) is -1.64. The average molecular weight is 496 g/mol. The second-order valence-corrected chi connectivity index (χ2v) is 10.3. The molecule has 1 spiro atoms. The molecule has 6 nitrogen and oxygen atoms in total. The van der Waals surface area contributed by atoms with Gasteiger partial charge in [-0.1, -0.05) is 60.1 Å². The molecule has 166 valence electrons. The van der Waals surface area contributed by atoms with Crippen molar-refractivity contribution >= 4 is 39.3 Å². The minimum Gasteiger partial charge on any atom is -0.324 e. The number of nitrogens with one attached hydrogen (secondary N) is 2. The molecule has 0 saturated carbocycles. The van der Waals surface area contributed by atoms with Crippen LogP contribution in [0.4, 0.5) is 5.69 Å². The number of fused-ring (bicyclic) bond motifs is 4. The van der Waals surface area contributed by atoms with Gasteiger partial charge >= 0.3 is 0 Å². The zero-order chi connectivity index (χ0) is 22.6. The fraction of sp³-hybridized carbons (Fsp3) is 0.400. The summed E-state index contributed by atoms with van der Waals surface area (Å²) in [6.45, 7) is 4.51. The molecule has 3 amide bonds. The topological polar surface area (TPSA) is 78.5 Å². The first-order chi connectivity index (χ1) is 15.3. The monoisotopic (exact) mass is 495 g/mol. The summed E-state index contributed by atoms with van der Waals surface area (Å²) in [6.07, 6.45) is 1.31. The predicted octanol–water partition coefficient (Wildman–Crippen LogP) is 3.46. The summed E-state index contributed by atoms with van der Waals surface area (Å²) in [7, 11) is 0. The number of amides is 3. The van der Waals surface area contributed by atoms with Crippen LogP contribution in [0.1, 0.15) is 31.4 Å². The van der Waals surface area contributed by atoms with Gasteiger partial charge in [-0.05, 0) is 42.5 Å². The highest BCUT2D eigenvalue weighted by molar-refractivity contribution is 9.10. The Balaban J connectivity index is 1.54. The van der Waals surface area contributed by atoms with E-state index in [0.29, 0.717) is 31.0 Å². The maximum absolute atomic E-state index is 13.7. The Morgan fingerprint density at radius 1 is 1.06 bits per heavy atom. The molecule has 0 aromatic heterocycles. The fourth-order valence-electron chi connectivity index (χ4n) is 5.65. The molecule has 0 radical (unpaired) electrons. The summed E-state index contributed by atoms with van der Waals surface area (Å²) >= 11 is 3.50. The number of hydrogen-bond donors (Lipinski definition) is 2. The number of halogens is 1.